The average molecular weight is 336 g/mol. The second-order valence-electron chi connectivity index (χ2n) is 5.12. The molecule has 1 N–H and O–H groups in total. The zero-order valence-electron chi connectivity index (χ0n) is 12.1. The van der Waals surface area contributed by atoms with Gasteiger partial charge in [-0.05, 0) is 17.7 Å². The monoisotopic (exact) mass is 335 g/mol. The van der Waals surface area contributed by atoms with Gasteiger partial charge in [0.1, 0.15) is 0 Å². The Labute approximate surface area is 136 Å². The van der Waals surface area contributed by atoms with Crippen LogP contribution < -0.4 is 5.32 Å². The van der Waals surface area contributed by atoms with E-state index >= 15 is 0 Å². The maximum absolute atomic E-state index is 12.2. The number of rotatable bonds is 4. The van der Waals surface area contributed by atoms with Crippen LogP contribution in [0.2, 0.25) is 5.02 Å². The molecule has 0 aliphatic rings. The number of hydrogen-bond donors (Lipinski definition) is 1. The van der Waals surface area contributed by atoms with Gasteiger partial charge in [-0.15, -0.1) is 15.3 Å². The summed E-state index contributed by atoms with van der Waals surface area (Å²) in [6, 6.07) is 7.33. The van der Waals surface area contributed by atoms with Crippen molar-refractivity contribution in [3.05, 3.63) is 45.7 Å². The van der Waals surface area contributed by atoms with Gasteiger partial charge in [0.25, 0.3) is 5.91 Å². The first-order chi connectivity index (χ1) is 10.5. The fourth-order valence-corrected chi connectivity index (χ4v) is 2.83. The largest absolute Gasteiger partial charge is 0.346 e. The number of carbonyl (C=O) groups excluding carboxylic acids is 1. The highest BCUT2D eigenvalue weighted by molar-refractivity contribution is 7.18. The summed E-state index contributed by atoms with van der Waals surface area (Å²) < 4.78 is 1.63. The van der Waals surface area contributed by atoms with E-state index in [1.807, 2.05) is 26.0 Å². The van der Waals surface area contributed by atoms with Crippen molar-refractivity contribution >= 4 is 33.8 Å². The molecule has 22 heavy (non-hydrogen) atoms. The molecule has 0 saturated carbocycles. The van der Waals surface area contributed by atoms with Crippen LogP contribution in [-0.4, -0.2) is 25.7 Å². The van der Waals surface area contributed by atoms with Crippen LogP contribution in [-0.2, 0) is 6.54 Å². The van der Waals surface area contributed by atoms with Crippen molar-refractivity contribution in [2.24, 2.45) is 0 Å². The van der Waals surface area contributed by atoms with E-state index in [1.165, 1.54) is 11.3 Å². The third kappa shape index (κ3) is 2.95. The Hall–Kier alpha value is -1.99. The number of nitrogens with one attached hydrogen (secondary N) is 1. The van der Waals surface area contributed by atoms with Crippen LogP contribution in [0, 0.1) is 0 Å². The molecule has 0 atom stereocenters. The van der Waals surface area contributed by atoms with Crippen LogP contribution >= 0.6 is 22.9 Å². The minimum absolute atomic E-state index is 0.196. The maximum Gasteiger partial charge on any atom is 0.282 e. The molecule has 0 unspecified atom stereocenters. The van der Waals surface area contributed by atoms with Gasteiger partial charge in [-0.2, -0.15) is 4.52 Å². The number of fused-ring (bicyclic) bond motifs is 1. The van der Waals surface area contributed by atoms with Crippen molar-refractivity contribution in [3.63, 3.8) is 0 Å². The zero-order valence-corrected chi connectivity index (χ0v) is 13.6. The topological polar surface area (TPSA) is 72.2 Å². The first kappa shape index (κ1) is 14.9. The lowest BCUT2D eigenvalue weighted by Crippen LogP contribution is -2.22. The summed E-state index contributed by atoms with van der Waals surface area (Å²) >= 11 is 7.06. The van der Waals surface area contributed by atoms with Gasteiger partial charge in [0.15, 0.2) is 5.82 Å². The van der Waals surface area contributed by atoms with E-state index in [2.05, 4.69) is 20.6 Å². The first-order valence-corrected chi connectivity index (χ1v) is 7.99. The Bertz CT molecular complexity index is 808. The van der Waals surface area contributed by atoms with Gasteiger partial charge in [0, 0.05) is 17.5 Å². The second kappa shape index (κ2) is 6.02. The molecule has 2 aromatic heterocycles. The Morgan fingerprint density at radius 3 is 2.73 bits per heavy atom. The highest BCUT2D eigenvalue weighted by atomic mass is 35.5. The highest BCUT2D eigenvalue weighted by Gasteiger charge is 2.18. The summed E-state index contributed by atoms with van der Waals surface area (Å²) in [4.78, 5) is 12.8. The molecule has 0 aliphatic carbocycles. The summed E-state index contributed by atoms with van der Waals surface area (Å²) in [5.41, 5.74) is 0.976. The fourth-order valence-electron chi connectivity index (χ4n) is 1.94. The molecule has 3 rings (SSSR count). The van der Waals surface area contributed by atoms with Gasteiger partial charge in [-0.25, -0.2) is 0 Å². The molecular formula is C14H14ClN5OS. The lowest BCUT2D eigenvalue weighted by atomic mass is 10.2. The lowest BCUT2D eigenvalue weighted by molar-refractivity contribution is 0.0949. The van der Waals surface area contributed by atoms with Crippen molar-refractivity contribution in [1.29, 1.82) is 0 Å². The molecule has 114 valence electrons. The Kier molecular flexibility index (Phi) is 4.08. The quantitative estimate of drug-likeness (QED) is 0.795. The SMILES string of the molecule is CC(C)c1nnc2sc(C(=O)NCc3ccc(Cl)cc3)nn12. The number of carbonyl (C=O) groups is 1. The van der Waals surface area contributed by atoms with Crippen LogP contribution in [0.1, 0.15) is 41.0 Å². The molecule has 0 spiro atoms. The number of nitrogens with zero attached hydrogens (tertiary/aromatic N) is 4. The van der Waals surface area contributed by atoms with Gasteiger partial charge in [0.05, 0.1) is 0 Å². The molecular weight excluding hydrogens is 322 g/mol. The average Bonchev–Trinajstić information content (AvgIpc) is 3.06. The summed E-state index contributed by atoms with van der Waals surface area (Å²) in [5.74, 6) is 0.727. The molecule has 1 aromatic carbocycles. The highest BCUT2D eigenvalue weighted by Crippen LogP contribution is 2.18. The van der Waals surface area contributed by atoms with Crippen LogP contribution in [0.3, 0.4) is 0 Å². The molecule has 3 aromatic rings. The fraction of sp³-hybridized carbons (Fsp3) is 0.286. The third-order valence-electron chi connectivity index (χ3n) is 3.09. The van der Waals surface area contributed by atoms with Gasteiger partial charge in [-0.3, -0.25) is 4.79 Å². The van der Waals surface area contributed by atoms with Gasteiger partial charge < -0.3 is 5.32 Å². The molecule has 0 bridgehead atoms. The molecule has 8 heteroatoms. The van der Waals surface area contributed by atoms with Crippen molar-refractivity contribution in [2.45, 2.75) is 26.3 Å². The van der Waals surface area contributed by atoms with E-state index in [0.717, 1.165) is 11.4 Å². The molecule has 1 amide bonds. The number of amides is 1. The van der Waals surface area contributed by atoms with Crippen molar-refractivity contribution in [2.75, 3.05) is 0 Å². The van der Waals surface area contributed by atoms with E-state index in [1.54, 1.807) is 16.6 Å². The summed E-state index contributed by atoms with van der Waals surface area (Å²) in [6.45, 7) is 4.44. The van der Waals surface area contributed by atoms with Crippen LogP contribution in [0.5, 0.6) is 0 Å². The zero-order chi connectivity index (χ0) is 15.7. The van der Waals surface area contributed by atoms with Crippen LogP contribution in [0.4, 0.5) is 0 Å². The summed E-state index contributed by atoms with van der Waals surface area (Å²) in [5, 5.41) is 16.3. The molecule has 0 saturated heterocycles. The molecule has 2 heterocycles. The number of halogens is 1. The van der Waals surface area contributed by atoms with Crippen molar-refractivity contribution in [3.8, 4) is 0 Å². The van der Waals surface area contributed by atoms with Crippen molar-refractivity contribution < 1.29 is 4.79 Å². The minimum atomic E-state index is -0.222. The number of hydrogen-bond acceptors (Lipinski definition) is 5. The Morgan fingerprint density at radius 1 is 1.32 bits per heavy atom. The molecule has 0 radical (unpaired) electrons. The minimum Gasteiger partial charge on any atom is -0.346 e. The maximum atomic E-state index is 12.2. The Balaban J connectivity index is 1.73. The number of benzene rings is 1. The Morgan fingerprint density at radius 2 is 2.05 bits per heavy atom. The van der Waals surface area contributed by atoms with Crippen LogP contribution in [0.25, 0.3) is 4.96 Å². The van der Waals surface area contributed by atoms with Gasteiger partial charge in [-0.1, -0.05) is 48.9 Å². The lowest BCUT2D eigenvalue weighted by Gasteiger charge is -2.03. The first-order valence-electron chi connectivity index (χ1n) is 6.79. The van der Waals surface area contributed by atoms with Gasteiger partial charge in [0.2, 0.25) is 9.97 Å². The number of aromatic nitrogens is 4. The van der Waals surface area contributed by atoms with Crippen LogP contribution in [0.15, 0.2) is 24.3 Å². The van der Waals surface area contributed by atoms with E-state index < -0.39 is 0 Å². The summed E-state index contributed by atoms with van der Waals surface area (Å²) in [6.07, 6.45) is 0. The normalized spacial score (nSPS) is 11.3. The second-order valence-corrected chi connectivity index (χ2v) is 6.52. The van der Waals surface area contributed by atoms with Crippen molar-refractivity contribution in [1.82, 2.24) is 25.1 Å². The van der Waals surface area contributed by atoms with E-state index in [0.29, 0.717) is 21.5 Å². The van der Waals surface area contributed by atoms with Gasteiger partial charge >= 0.3 is 0 Å². The predicted molar refractivity (Wildman–Crippen MR) is 85.4 cm³/mol. The van der Waals surface area contributed by atoms with E-state index in [4.69, 9.17) is 11.6 Å². The summed E-state index contributed by atoms with van der Waals surface area (Å²) in [7, 11) is 0. The third-order valence-corrected chi connectivity index (χ3v) is 4.24. The molecule has 0 aliphatic heterocycles. The predicted octanol–water partition coefficient (Wildman–Crippen LogP) is 2.89. The molecule has 0 fully saturated rings. The standard InChI is InChI=1S/C14H14ClN5OS/c1-8(2)11-17-18-14-20(11)19-13(22-14)12(21)16-7-9-3-5-10(15)6-4-9/h3-6,8H,7H2,1-2H3,(H,16,21). The molecule has 6 nitrogen and oxygen atoms in total. The smallest absolute Gasteiger partial charge is 0.282 e. The van der Waals surface area contributed by atoms with E-state index in [-0.39, 0.29) is 11.8 Å². The van der Waals surface area contributed by atoms with E-state index in [9.17, 15) is 4.79 Å².